The fourth-order valence-electron chi connectivity index (χ4n) is 2.60. The molecule has 0 radical (unpaired) electrons. The van der Waals surface area contributed by atoms with Crippen LogP contribution in [0.2, 0.25) is 10.0 Å². The summed E-state index contributed by atoms with van der Waals surface area (Å²) in [4.78, 5) is 0. The molecular weight excluding hydrogens is 322 g/mol. The van der Waals surface area contributed by atoms with Crippen molar-refractivity contribution in [1.29, 1.82) is 0 Å². The van der Waals surface area contributed by atoms with E-state index >= 15 is 0 Å². The van der Waals surface area contributed by atoms with Crippen LogP contribution in [-0.2, 0) is 4.65 Å². The zero-order chi connectivity index (χ0) is 16.4. The normalized spacial score (nSPS) is 10.7. The molecule has 2 aromatic carbocycles. The Hall–Kier alpha value is -1.20. The molecule has 0 unspecified atom stereocenters. The van der Waals surface area contributed by atoms with Crippen LogP contribution in [0.15, 0.2) is 24.3 Å². The molecule has 0 fully saturated rings. The minimum absolute atomic E-state index is 0.387. The first kappa shape index (κ1) is 17.2. The van der Waals surface area contributed by atoms with Crippen LogP contribution >= 0.6 is 23.2 Å². The Kier molecular flexibility index (Phi) is 5.40. The molecule has 0 bridgehead atoms. The second-order valence-electron chi connectivity index (χ2n) is 5.17. The minimum atomic E-state index is -1.37. The average molecular weight is 339 g/mol. The summed E-state index contributed by atoms with van der Waals surface area (Å²) in [5.74, 6) is 0.416. The van der Waals surface area contributed by atoms with E-state index < -0.39 is 7.32 Å². The Balaban J connectivity index is 2.70. The van der Waals surface area contributed by atoms with E-state index in [1.54, 1.807) is 12.1 Å². The Labute approximate surface area is 141 Å². The van der Waals surface area contributed by atoms with Gasteiger partial charge in [-0.05, 0) is 49.6 Å². The number of hydrogen-bond donors (Lipinski definition) is 1. The number of benzene rings is 2. The quantitative estimate of drug-likeness (QED) is 0.829. The Morgan fingerprint density at radius 3 is 2.14 bits per heavy atom. The van der Waals surface area contributed by atoms with E-state index in [2.05, 4.69) is 12.1 Å². The maximum Gasteiger partial charge on any atom is 0.710 e. The molecule has 1 N–H and O–H groups in total. The first-order valence-corrected chi connectivity index (χ1v) is 7.54. The first-order chi connectivity index (χ1) is 10.3. The predicted molar refractivity (Wildman–Crippen MR) is 91.7 cm³/mol. The lowest BCUT2D eigenvalue weighted by molar-refractivity contribution is 0.239. The SMILES string of the molecule is COB(O)Oc1ccc(Cl)c(Cl)c1-c1c(C)cc(C)cc1C. The second-order valence-corrected chi connectivity index (χ2v) is 5.95. The second kappa shape index (κ2) is 6.92. The summed E-state index contributed by atoms with van der Waals surface area (Å²) in [5, 5.41) is 10.4. The minimum Gasteiger partial charge on any atom is -0.511 e. The average Bonchev–Trinajstić information content (AvgIpc) is 2.44. The highest BCUT2D eigenvalue weighted by Gasteiger charge is 2.23. The lowest BCUT2D eigenvalue weighted by Crippen LogP contribution is -2.24. The molecule has 0 spiro atoms. The molecule has 3 nitrogen and oxygen atoms in total. The monoisotopic (exact) mass is 338 g/mol. The Morgan fingerprint density at radius 2 is 1.59 bits per heavy atom. The van der Waals surface area contributed by atoms with Crippen LogP contribution in [0.4, 0.5) is 0 Å². The summed E-state index contributed by atoms with van der Waals surface area (Å²) in [6, 6.07) is 7.43. The molecule has 0 atom stereocenters. The highest BCUT2D eigenvalue weighted by Crippen LogP contribution is 2.43. The van der Waals surface area contributed by atoms with Crippen LogP contribution < -0.4 is 4.65 Å². The summed E-state index contributed by atoms with van der Waals surface area (Å²) >= 11 is 12.6. The van der Waals surface area contributed by atoms with Crippen LogP contribution in [0.5, 0.6) is 5.75 Å². The number of rotatable bonds is 4. The lowest BCUT2D eigenvalue weighted by Gasteiger charge is -2.19. The third-order valence-electron chi connectivity index (χ3n) is 3.41. The van der Waals surface area contributed by atoms with E-state index in [1.807, 2.05) is 20.8 Å². The summed E-state index contributed by atoms with van der Waals surface area (Å²) in [7, 11) is -0.0217. The van der Waals surface area contributed by atoms with E-state index in [9.17, 15) is 5.02 Å². The molecule has 0 amide bonds. The first-order valence-electron chi connectivity index (χ1n) is 6.79. The fraction of sp³-hybridized carbons (Fsp3) is 0.250. The summed E-state index contributed by atoms with van der Waals surface area (Å²) in [6.07, 6.45) is 0. The van der Waals surface area contributed by atoms with Gasteiger partial charge in [-0.3, -0.25) is 0 Å². The molecular formula is C16H17BCl2O3. The molecule has 0 saturated carbocycles. The Morgan fingerprint density at radius 1 is 1.00 bits per heavy atom. The van der Waals surface area contributed by atoms with Gasteiger partial charge in [-0.2, -0.15) is 0 Å². The summed E-state index contributed by atoms with van der Waals surface area (Å²) in [6.45, 7) is 6.04. The number of halogens is 2. The van der Waals surface area contributed by atoms with Gasteiger partial charge in [-0.25, -0.2) is 0 Å². The van der Waals surface area contributed by atoms with Crippen molar-refractivity contribution in [3.63, 3.8) is 0 Å². The van der Waals surface area contributed by atoms with E-state index in [0.717, 1.165) is 22.3 Å². The maximum absolute atomic E-state index is 9.61. The van der Waals surface area contributed by atoms with Crippen molar-refractivity contribution in [3.8, 4) is 16.9 Å². The van der Waals surface area contributed by atoms with Crippen molar-refractivity contribution >= 4 is 30.5 Å². The molecule has 2 aromatic rings. The van der Waals surface area contributed by atoms with Gasteiger partial charge in [-0.1, -0.05) is 40.9 Å². The maximum atomic E-state index is 9.61. The molecule has 0 aliphatic carbocycles. The van der Waals surface area contributed by atoms with Gasteiger partial charge in [-0.15, -0.1) is 0 Å². The van der Waals surface area contributed by atoms with Crippen LogP contribution in [0.3, 0.4) is 0 Å². The topological polar surface area (TPSA) is 38.7 Å². The van der Waals surface area contributed by atoms with Crippen LogP contribution in [-0.4, -0.2) is 19.5 Å². The predicted octanol–water partition coefficient (Wildman–Crippen LogP) is 4.59. The molecule has 22 heavy (non-hydrogen) atoms. The van der Waals surface area contributed by atoms with Gasteiger partial charge in [0.15, 0.2) is 0 Å². The van der Waals surface area contributed by atoms with Gasteiger partial charge in [0.1, 0.15) is 5.75 Å². The zero-order valence-corrected chi connectivity index (χ0v) is 14.4. The molecule has 0 aromatic heterocycles. The number of aryl methyl sites for hydroxylation is 3. The van der Waals surface area contributed by atoms with Crippen LogP contribution in [0.1, 0.15) is 16.7 Å². The van der Waals surface area contributed by atoms with Crippen molar-refractivity contribution in [2.24, 2.45) is 0 Å². The standard InChI is InChI=1S/C16H17BCl2O3/c1-9-7-10(2)14(11(3)8-9)15-13(22-17(20)21-4)6-5-12(18)16(15)19/h5-8,20H,1-4H3. The van der Waals surface area contributed by atoms with Gasteiger partial charge >= 0.3 is 7.32 Å². The van der Waals surface area contributed by atoms with Crippen molar-refractivity contribution in [2.45, 2.75) is 20.8 Å². The number of hydrogen-bond acceptors (Lipinski definition) is 3. The van der Waals surface area contributed by atoms with Crippen molar-refractivity contribution < 1.29 is 14.3 Å². The van der Waals surface area contributed by atoms with E-state index in [1.165, 1.54) is 7.11 Å². The third-order valence-corrected chi connectivity index (χ3v) is 4.22. The van der Waals surface area contributed by atoms with Gasteiger partial charge in [0, 0.05) is 12.7 Å². The molecule has 116 valence electrons. The molecule has 2 rings (SSSR count). The van der Waals surface area contributed by atoms with Crippen LogP contribution in [0.25, 0.3) is 11.1 Å². The van der Waals surface area contributed by atoms with Gasteiger partial charge < -0.3 is 14.3 Å². The highest BCUT2D eigenvalue weighted by atomic mass is 35.5. The molecule has 6 heteroatoms. The highest BCUT2D eigenvalue weighted by molar-refractivity contribution is 6.44. The summed E-state index contributed by atoms with van der Waals surface area (Å²) < 4.78 is 10.2. The molecule has 0 saturated heterocycles. The van der Waals surface area contributed by atoms with Crippen molar-refractivity contribution in [3.05, 3.63) is 51.0 Å². The lowest BCUT2D eigenvalue weighted by atomic mass is 9.93. The van der Waals surface area contributed by atoms with Crippen LogP contribution in [0, 0.1) is 20.8 Å². The molecule has 0 aliphatic rings. The fourth-order valence-corrected chi connectivity index (χ4v) is 3.00. The third kappa shape index (κ3) is 3.41. The van der Waals surface area contributed by atoms with Gasteiger partial charge in [0.25, 0.3) is 0 Å². The molecule has 0 heterocycles. The van der Waals surface area contributed by atoms with E-state index in [-0.39, 0.29) is 0 Å². The summed E-state index contributed by atoms with van der Waals surface area (Å²) in [5.41, 5.74) is 4.87. The van der Waals surface area contributed by atoms with Crippen molar-refractivity contribution in [2.75, 3.05) is 7.11 Å². The largest absolute Gasteiger partial charge is 0.710 e. The van der Waals surface area contributed by atoms with E-state index in [0.29, 0.717) is 21.4 Å². The molecule has 0 aliphatic heterocycles. The Bertz CT molecular complexity index is 681. The smallest absolute Gasteiger partial charge is 0.511 e. The van der Waals surface area contributed by atoms with Gasteiger partial charge in [0.05, 0.1) is 10.0 Å². The van der Waals surface area contributed by atoms with Crippen molar-refractivity contribution in [1.82, 2.24) is 0 Å². The van der Waals surface area contributed by atoms with E-state index in [4.69, 9.17) is 32.5 Å². The zero-order valence-electron chi connectivity index (χ0n) is 12.9. The van der Waals surface area contributed by atoms with Gasteiger partial charge in [0.2, 0.25) is 0 Å².